The van der Waals surface area contributed by atoms with E-state index in [4.69, 9.17) is 0 Å². The van der Waals surface area contributed by atoms with Crippen LogP contribution in [-0.4, -0.2) is 9.97 Å². The third-order valence-corrected chi connectivity index (χ3v) is 3.55. The van der Waals surface area contributed by atoms with E-state index in [1.807, 2.05) is 13.0 Å². The van der Waals surface area contributed by atoms with Crippen LogP contribution in [0.4, 0.5) is 4.39 Å². The molecule has 1 aromatic heterocycles. The molecule has 1 aliphatic rings. The summed E-state index contributed by atoms with van der Waals surface area (Å²) in [5.41, 5.74) is 4.18. The lowest BCUT2D eigenvalue weighted by molar-refractivity contribution is 0.524. The van der Waals surface area contributed by atoms with Gasteiger partial charge in [0.25, 0.3) is 0 Å². The van der Waals surface area contributed by atoms with Crippen molar-refractivity contribution in [1.82, 2.24) is 15.3 Å². The zero-order chi connectivity index (χ0) is 13.2. The van der Waals surface area contributed by atoms with Gasteiger partial charge in [0.2, 0.25) is 0 Å². The van der Waals surface area contributed by atoms with Gasteiger partial charge in [-0.2, -0.15) is 0 Å². The van der Waals surface area contributed by atoms with E-state index in [0.717, 1.165) is 29.8 Å². The third kappa shape index (κ3) is 2.63. The van der Waals surface area contributed by atoms with E-state index in [9.17, 15) is 4.39 Å². The Bertz CT molecular complexity index is 580. The highest BCUT2D eigenvalue weighted by Gasteiger charge is 2.22. The van der Waals surface area contributed by atoms with Crippen molar-refractivity contribution in [2.75, 3.05) is 0 Å². The molecule has 2 aromatic rings. The Labute approximate surface area is 111 Å². The minimum Gasteiger partial charge on any atom is -0.304 e. The molecule has 3 nitrogen and oxygen atoms in total. The van der Waals surface area contributed by atoms with Gasteiger partial charge in [0.15, 0.2) is 0 Å². The molecule has 0 radical (unpaired) electrons. The number of aromatic nitrogens is 2. The van der Waals surface area contributed by atoms with Crippen molar-refractivity contribution in [2.24, 2.45) is 0 Å². The van der Waals surface area contributed by atoms with Crippen molar-refractivity contribution in [1.29, 1.82) is 0 Å². The number of aryl methyl sites for hydroxylation is 2. The van der Waals surface area contributed by atoms with Gasteiger partial charge in [0.1, 0.15) is 5.82 Å². The largest absolute Gasteiger partial charge is 0.304 e. The molecule has 1 atom stereocenters. The summed E-state index contributed by atoms with van der Waals surface area (Å²) in [5.74, 6) is -0.149. The van der Waals surface area contributed by atoms with Gasteiger partial charge < -0.3 is 5.32 Å². The summed E-state index contributed by atoms with van der Waals surface area (Å²) in [6.07, 6.45) is 5.51. The summed E-state index contributed by atoms with van der Waals surface area (Å²) >= 11 is 0. The van der Waals surface area contributed by atoms with Crippen LogP contribution in [0.2, 0.25) is 0 Å². The Hall–Kier alpha value is -1.81. The van der Waals surface area contributed by atoms with Crippen LogP contribution in [0, 0.1) is 12.7 Å². The van der Waals surface area contributed by atoms with E-state index in [1.165, 1.54) is 11.6 Å². The number of nitrogens with one attached hydrogen (secondary N) is 1. The zero-order valence-corrected chi connectivity index (χ0v) is 10.9. The summed E-state index contributed by atoms with van der Waals surface area (Å²) in [4.78, 5) is 8.55. The van der Waals surface area contributed by atoms with Gasteiger partial charge in [0.05, 0.1) is 11.4 Å². The molecule has 98 valence electrons. The van der Waals surface area contributed by atoms with E-state index >= 15 is 0 Å². The lowest BCUT2D eigenvalue weighted by Gasteiger charge is -2.13. The molecule has 0 spiro atoms. The van der Waals surface area contributed by atoms with Gasteiger partial charge in [-0.15, -0.1) is 0 Å². The van der Waals surface area contributed by atoms with Gasteiger partial charge in [-0.3, -0.25) is 9.97 Å². The summed E-state index contributed by atoms with van der Waals surface area (Å²) in [6.45, 7) is 2.61. The molecular formula is C15H16FN3. The Morgan fingerprint density at radius 2 is 2.21 bits per heavy atom. The first-order valence-electron chi connectivity index (χ1n) is 6.51. The van der Waals surface area contributed by atoms with Crippen LogP contribution in [-0.2, 0) is 13.0 Å². The molecule has 1 aliphatic carbocycles. The van der Waals surface area contributed by atoms with Crippen LogP contribution >= 0.6 is 0 Å². The third-order valence-electron chi connectivity index (χ3n) is 3.55. The van der Waals surface area contributed by atoms with Crippen LogP contribution in [0.25, 0.3) is 0 Å². The minimum atomic E-state index is -0.149. The number of rotatable bonds is 3. The molecule has 0 amide bonds. The molecule has 0 aliphatic heterocycles. The fourth-order valence-electron chi connectivity index (χ4n) is 2.54. The predicted molar refractivity (Wildman–Crippen MR) is 71.1 cm³/mol. The van der Waals surface area contributed by atoms with Crippen molar-refractivity contribution < 1.29 is 4.39 Å². The number of hydrogen-bond donors (Lipinski definition) is 1. The summed E-state index contributed by atoms with van der Waals surface area (Å²) in [6, 6.07) is 5.35. The van der Waals surface area contributed by atoms with Gasteiger partial charge in [0, 0.05) is 25.0 Å². The van der Waals surface area contributed by atoms with Crippen LogP contribution in [0.5, 0.6) is 0 Å². The highest BCUT2D eigenvalue weighted by molar-refractivity contribution is 5.35. The first kappa shape index (κ1) is 12.2. The Balaban J connectivity index is 1.68. The van der Waals surface area contributed by atoms with Crippen molar-refractivity contribution in [3.05, 3.63) is 58.9 Å². The standard InChI is InChI=1S/C15H16FN3/c1-10-7-18-13(8-17-10)9-19-15-5-2-11-6-12(16)3-4-14(11)15/h3-4,6-8,15,19H,2,5,9H2,1H3. The second-order valence-electron chi connectivity index (χ2n) is 4.96. The van der Waals surface area contributed by atoms with Gasteiger partial charge in [-0.25, -0.2) is 4.39 Å². The monoisotopic (exact) mass is 257 g/mol. The second kappa shape index (κ2) is 5.05. The lowest BCUT2D eigenvalue weighted by Crippen LogP contribution is -2.19. The smallest absolute Gasteiger partial charge is 0.123 e. The SMILES string of the molecule is Cc1cnc(CNC2CCc3cc(F)ccc32)cn1. The van der Waals surface area contributed by atoms with E-state index in [-0.39, 0.29) is 5.82 Å². The number of nitrogens with zero attached hydrogens (tertiary/aromatic N) is 2. The molecule has 1 N–H and O–H groups in total. The molecule has 0 saturated heterocycles. The minimum absolute atomic E-state index is 0.149. The molecule has 0 fully saturated rings. The fourth-order valence-corrected chi connectivity index (χ4v) is 2.54. The maximum atomic E-state index is 13.1. The quantitative estimate of drug-likeness (QED) is 0.918. The first-order valence-corrected chi connectivity index (χ1v) is 6.51. The molecule has 4 heteroatoms. The molecule has 1 unspecified atom stereocenters. The zero-order valence-electron chi connectivity index (χ0n) is 10.9. The van der Waals surface area contributed by atoms with Crippen LogP contribution in [0.3, 0.4) is 0 Å². The Kier molecular flexibility index (Phi) is 3.25. The maximum absolute atomic E-state index is 13.1. The maximum Gasteiger partial charge on any atom is 0.123 e. The number of halogens is 1. The summed E-state index contributed by atoms with van der Waals surface area (Å²) in [7, 11) is 0. The molecular weight excluding hydrogens is 241 g/mol. The molecule has 19 heavy (non-hydrogen) atoms. The van der Waals surface area contributed by atoms with Crippen molar-refractivity contribution in [3.63, 3.8) is 0 Å². The van der Waals surface area contributed by atoms with Gasteiger partial charge >= 0.3 is 0 Å². The number of fused-ring (bicyclic) bond motifs is 1. The van der Waals surface area contributed by atoms with Crippen LogP contribution in [0.15, 0.2) is 30.6 Å². The highest BCUT2D eigenvalue weighted by Crippen LogP contribution is 2.31. The molecule has 0 saturated carbocycles. The molecule has 3 rings (SSSR count). The summed E-state index contributed by atoms with van der Waals surface area (Å²) < 4.78 is 13.1. The van der Waals surface area contributed by atoms with Crippen molar-refractivity contribution >= 4 is 0 Å². The van der Waals surface area contributed by atoms with Crippen LogP contribution < -0.4 is 5.32 Å². The summed E-state index contributed by atoms with van der Waals surface area (Å²) in [5, 5.41) is 3.47. The molecule has 1 aromatic carbocycles. The van der Waals surface area contributed by atoms with Crippen molar-refractivity contribution in [3.8, 4) is 0 Å². The predicted octanol–water partition coefficient (Wildman–Crippen LogP) is 2.70. The average Bonchev–Trinajstić information content (AvgIpc) is 2.80. The normalized spacial score (nSPS) is 17.5. The highest BCUT2D eigenvalue weighted by atomic mass is 19.1. The van der Waals surface area contributed by atoms with E-state index in [1.54, 1.807) is 18.5 Å². The lowest BCUT2D eigenvalue weighted by atomic mass is 10.1. The molecule has 0 bridgehead atoms. The van der Waals surface area contributed by atoms with Crippen LogP contribution in [0.1, 0.15) is 35.0 Å². The molecule has 1 heterocycles. The van der Waals surface area contributed by atoms with E-state index in [2.05, 4.69) is 15.3 Å². The topological polar surface area (TPSA) is 37.8 Å². The fraction of sp³-hybridized carbons (Fsp3) is 0.333. The van der Waals surface area contributed by atoms with Gasteiger partial charge in [-0.1, -0.05) is 6.07 Å². The van der Waals surface area contributed by atoms with Crippen molar-refractivity contribution in [2.45, 2.75) is 32.4 Å². The Morgan fingerprint density at radius 1 is 1.32 bits per heavy atom. The Morgan fingerprint density at radius 3 is 3.00 bits per heavy atom. The number of hydrogen-bond acceptors (Lipinski definition) is 3. The van der Waals surface area contributed by atoms with E-state index in [0.29, 0.717) is 12.6 Å². The van der Waals surface area contributed by atoms with E-state index < -0.39 is 0 Å². The first-order chi connectivity index (χ1) is 9.22. The number of benzene rings is 1. The average molecular weight is 257 g/mol. The second-order valence-corrected chi connectivity index (χ2v) is 4.96. The van der Waals surface area contributed by atoms with Gasteiger partial charge in [-0.05, 0) is 43.0 Å².